The Morgan fingerprint density at radius 1 is 1.03 bits per heavy atom. The quantitative estimate of drug-likeness (QED) is 0.220. The number of imidazole rings is 1. The molecule has 38 heavy (non-hydrogen) atoms. The number of methoxy groups -OCH3 is 1. The van der Waals surface area contributed by atoms with Crippen molar-refractivity contribution >= 4 is 5.97 Å². The summed E-state index contributed by atoms with van der Waals surface area (Å²) in [6.07, 6.45) is -2.13. The summed E-state index contributed by atoms with van der Waals surface area (Å²) < 4.78 is 80.0. The number of ether oxygens (including phenoxy) is 1. The predicted molar refractivity (Wildman–Crippen MR) is 122 cm³/mol. The van der Waals surface area contributed by atoms with Crippen LogP contribution in [0.2, 0.25) is 0 Å². The largest absolute Gasteiger partial charge is 0.467 e. The van der Waals surface area contributed by atoms with E-state index in [1.54, 1.807) is 0 Å². The molecule has 3 aromatic rings. The molecular formula is C25H16F5N5O3. The van der Waals surface area contributed by atoms with Gasteiger partial charge in [0.2, 0.25) is 6.04 Å². The fourth-order valence-corrected chi connectivity index (χ4v) is 3.90. The van der Waals surface area contributed by atoms with Gasteiger partial charge in [0.15, 0.2) is 23.2 Å². The zero-order valence-electron chi connectivity index (χ0n) is 19.6. The van der Waals surface area contributed by atoms with Crippen LogP contribution in [-0.2, 0) is 15.7 Å². The molecule has 8 nitrogen and oxygen atoms in total. The lowest BCUT2D eigenvalue weighted by Crippen LogP contribution is -2.23. The number of carbonyl (C=O) groups excluding carboxylic acids is 1. The summed E-state index contributed by atoms with van der Waals surface area (Å²) in [5.74, 6) is -3.32. The molecule has 0 aliphatic carbocycles. The zero-order valence-corrected chi connectivity index (χ0v) is 19.6. The number of hydrogen-bond acceptors (Lipinski definition) is 7. The average molecular weight is 529 g/mol. The summed E-state index contributed by atoms with van der Waals surface area (Å²) in [6, 6.07) is 7.10. The number of esters is 1. The number of carbonyl (C=O) groups is 1. The molecule has 13 heteroatoms. The van der Waals surface area contributed by atoms with Crippen LogP contribution < -0.4 is 0 Å². The van der Waals surface area contributed by atoms with E-state index in [0.717, 1.165) is 23.9 Å². The van der Waals surface area contributed by atoms with Gasteiger partial charge in [-0.05, 0) is 25.1 Å². The summed E-state index contributed by atoms with van der Waals surface area (Å²) in [7, 11) is 1.11. The van der Waals surface area contributed by atoms with Crippen molar-refractivity contribution in [1.82, 2.24) is 24.9 Å². The van der Waals surface area contributed by atoms with E-state index in [2.05, 4.69) is 20.2 Å². The van der Waals surface area contributed by atoms with Gasteiger partial charge in [-0.15, -0.1) is 0 Å². The number of hydrogen-bond donors (Lipinski definition) is 0. The Morgan fingerprint density at radius 2 is 1.79 bits per heavy atom. The predicted octanol–water partition coefficient (Wildman–Crippen LogP) is 5.47. The molecule has 0 radical (unpaired) electrons. The highest BCUT2D eigenvalue weighted by Crippen LogP contribution is 2.38. The third kappa shape index (κ3) is 4.46. The highest BCUT2D eigenvalue weighted by atomic mass is 19.4. The van der Waals surface area contributed by atoms with Gasteiger partial charge in [0.1, 0.15) is 17.1 Å². The molecule has 2 aliphatic rings. The highest BCUT2D eigenvalue weighted by molar-refractivity contribution is 5.78. The second-order valence-electron chi connectivity index (χ2n) is 8.26. The van der Waals surface area contributed by atoms with Crippen LogP contribution in [0.4, 0.5) is 22.0 Å². The molecular weight excluding hydrogens is 513 g/mol. The van der Waals surface area contributed by atoms with E-state index in [1.807, 2.05) is 0 Å². The lowest BCUT2D eigenvalue weighted by molar-refractivity contribution is -0.144. The van der Waals surface area contributed by atoms with Crippen LogP contribution in [0, 0.1) is 18.6 Å². The SMILES string of the molecule is COC(=O)C(c1cc(-c2ccc(C)cc2C(F)(F)F)no1)n1cc2nc(-c3cccc(F)c3F)nc-2cn1. The molecule has 0 bridgehead atoms. The first-order valence-corrected chi connectivity index (χ1v) is 11.0. The lowest BCUT2D eigenvalue weighted by atomic mass is 10.0. The van der Waals surface area contributed by atoms with Gasteiger partial charge in [-0.1, -0.05) is 28.9 Å². The van der Waals surface area contributed by atoms with Gasteiger partial charge in [-0.3, -0.25) is 0 Å². The first-order valence-electron chi connectivity index (χ1n) is 11.0. The first kappa shape index (κ1) is 25.0. The summed E-state index contributed by atoms with van der Waals surface area (Å²) in [5, 5.41) is 7.88. The Balaban J connectivity index is 1.56. The van der Waals surface area contributed by atoms with E-state index < -0.39 is 35.4 Å². The minimum Gasteiger partial charge on any atom is -0.467 e. The highest BCUT2D eigenvalue weighted by Gasteiger charge is 2.36. The topological polar surface area (TPSA) is 95.9 Å². The van der Waals surface area contributed by atoms with Crippen molar-refractivity contribution < 1.29 is 36.0 Å². The first-order chi connectivity index (χ1) is 18.1. The monoisotopic (exact) mass is 529 g/mol. The minimum absolute atomic E-state index is 0.104. The Labute approximate surface area is 211 Å². The van der Waals surface area contributed by atoms with Crippen molar-refractivity contribution in [2.75, 3.05) is 7.11 Å². The van der Waals surface area contributed by atoms with Crippen LogP contribution >= 0.6 is 0 Å². The molecule has 1 atom stereocenters. The molecule has 0 amide bonds. The standard InChI is InChI=1S/C25H16F5N5O3/c1-12-6-7-13(15(8-12)25(28,29)30)17-9-20(38-34-17)22(24(36)37-2)35-11-19-18(10-31-35)32-23(33-19)14-4-3-5-16(26)21(14)27/h3-11,22H,1-2H3. The Morgan fingerprint density at radius 3 is 2.53 bits per heavy atom. The van der Waals surface area contributed by atoms with Crippen LogP contribution in [-0.4, -0.2) is 38.0 Å². The van der Waals surface area contributed by atoms with E-state index in [-0.39, 0.29) is 39.8 Å². The molecule has 0 fully saturated rings. The van der Waals surface area contributed by atoms with Crippen molar-refractivity contribution in [2.24, 2.45) is 0 Å². The number of alkyl halides is 3. The lowest BCUT2D eigenvalue weighted by Gasteiger charge is -2.14. The molecule has 0 saturated heterocycles. The van der Waals surface area contributed by atoms with E-state index >= 15 is 0 Å². The van der Waals surface area contributed by atoms with Gasteiger partial charge in [0.25, 0.3) is 0 Å². The third-order valence-corrected chi connectivity index (χ3v) is 5.72. The smallest absolute Gasteiger partial charge is 0.417 e. The van der Waals surface area contributed by atoms with E-state index in [0.29, 0.717) is 5.56 Å². The maximum atomic E-state index is 14.2. The van der Waals surface area contributed by atoms with Gasteiger partial charge in [-0.2, -0.15) is 18.3 Å². The second-order valence-corrected chi connectivity index (χ2v) is 8.26. The van der Waals surface area contributed by atoms with Gasteiger partial charge >= 0.3 is 12.1 Å². The van der Waals surface area contributed by atoms with Gasteiger partial charge in [0, 0.05) is 11.6 Å². The maximum absolute atomic E-state index is 14.2. The van der Waals surface area contributed by atoms with Crippen LogP contribution in [0.3, 0.4) is 0 Å². The molecule has 194 valence electrons. The number of halogens is 5. The van der Waals surface area contributed by atoms with Crippen molar-refractivity contribution in [3.63, 3.8) is 0 Å². The number of aromatic nitrogens is 5. The van der Waals surface area contributed by atoms with Gasteiger partial charge in [0.05, 0.1) is 30.6 Å². The number of rotatable bonds is 5. The Bertz CT molecular complexity index is 1630. The fourth-order valence-electron chi connectivity index (χ4n) is 3.90. The molecule has 2 aromatic carbocycles. The van der Waals surface area contributed by atoms with Crippen molar-refractivity contribution in [3.8, 4) is 34.0 Å². The normalized spacial score (nSPS) is 12.6. The summed E-state index contributed by atoms with van der Waals surface area (Å²) in [4.78, 5) is 21.1. The van der Waals surface area contributed by atoms with Crippen LogP contribution in [0.1, 0.15) is 22.9 Å². The summed E-state index contributed by atoms with van der Waals surface area (Å²) in [5.41, 5.74) is -0.683. The van der Waals surface area contributed by atoms with Crippen LogP contribution in [0.25, 0.3) is 34.0 Å². The minimum atomic E-state index is -4.65. The molecule has 0 saturated carbocycles. The molecule has 2 aliphatic heterocycles. The van der Waals surface area contributed by atoms with Gasteiger partial charge in [-0.25, -0.2) is 28.2 Å². The Hall–Kier alpha value is -4.68. The van der Waals surface area contributed by atoms with Crippen molar-refractivity contribution in [3.05, 3.63) is 83.4 Å². The Kier molecular flexibility index (Phi) is 6.13. The maximum Gasteiger partial charge on any atom is 0.417 e. The molecule has 1 aromatic heterocycles. The van der Waals surface area contributed by atoms with E-state index in [1.165, 1.54) is 49.6 Å². The van der Waals surface area contributed by atoms with E-state index in [4.69, 9.17) is 9.26 Å². The van der Waals surface area contributed by atoms with Crippen molar-refractivity contribution in [2.45, 2.75) is 19.1 Å². The van der Waals surface area contributed by atoms with Crippen LogP contribution in [0.5, 0.6) is 0 Å². The number of benzene rings is 2. The molecule has 0 N–H and O–H groups in total. The molecule has 5 rings (SSSR count). The number of nitrogens with zero attached hydrogens (tertiary/aromatic N) is 5. The number of fused-ring (bicyclic) bond motifs is 1. The molecule has 0 spiro atoms. The average Bonchev–Trinajstić information content (AvgIpc) is 3.52. The van der Waals surface area contributed by atoms with Gasteiger partial charge < -0.3 is 9.26 Å². The molecule has 1 unspecified atom stereocenters. The zero-order chi connectivity index (χ0) is 27.2. The second kappa shape index (κ2) is 9.32. The van der Waals surface area contributed by atoms with Crippen molar-refractivity contribution in [1.29, 1.82) is 0 Å². The fraction of sp³-hybridized carbons (Fsp3) is 0.160. The summed E-state index contributed by atoms with van der Waals surface area (Å²) >= 11 is 0. The third-order valence-electron chi connectivity index (χ3n) is 5.72. The molecule has 3 heterocycles. The number of aryl methyl sites for hydroxylation is 1. The van der Waals surface area contributed by atoms with E-state index in [9.17, 15) is 26.7 Å². The van der Waals surface area contributed by atoms with Crippen LogP contribution in [0.15, 0.2) is 59.4 Å². The summed E-state index contributed by atoms with van der Waals surface area (Å²) in [6.45, 7) is 1.53.